The Bertz CT molecular complexity index is 767. The lowest BCUT2D eigenvalue weighted by molar-refractivity contribution is -0.384. The number of pyridine rings is 1. The van der Waals surface area contributed by atoms with Crippen LogP contribution in [0.2, 0.25) is 0 Å². The number of aromatic nitrogens is 2. The summed E-state index contributed by atoms with van der Waals surface area (Å²) in [4.78, 5) is 30.5. The maximum Gasteiger partial charge on any atom is 0.339 e. The van der Waals surface area contributed by atoms with Gasteiger partial charge in [-0.3, -0.25) is 10.1 Å². The van der Waals surface area contributed by atoms with Gasteiger partial charge in [0, 0.05) is 23.1 Å². The van der Waals surface area contributed by atoms with Crippen molar-refractivity contribution < 1.29 is 14.5 Å². The van der Waals surface area contributed by atoms with E-state index in [0.717, 1.165) is 16.8 Å². The average Bonchev–Trinajstić information content (AvgIpc) is 3.01. The number of hydrogen-bond donors (Lipinski definition) is 1. The van der Waals surface area contributed by atoms with Crippen LogP contribution in [0, 0.1) is 10.1 Å². The predicted molar refractivity (Wildman–Crippen MR) is 90.4 cm³/mol. The zero-order valence-electron chi connectivity index (χ0n) is 13.8. The molecule has 0 aliphatic rings. The summed E-state index contributed by atoms with van der Waals surface area (Å²) in [5.41, 5.74) is 0.651. The number of anilines is 1. The molecule has 2 aromatic heterocycles. The van der Waals surface area contributed by atoms with Crippen molar-refractivity contribution in [2.75, 3.05) is 12.4 Å². The second-order valence-corrected chi connectivity index (χ2v) is 7.01. The van der Waals surface area contributed by atoms with E-state index in [1.807, 2.05) is 5.38 Å². The first-order chi connectivity index (χ1) is 11.2. The molecular formula is C15H18N4O4S. The Kier molecular flexibility index (Phi) is 5.13. The third kappa shape index (κ3) is 4.05. The highest BCUT2D eigenvalue weighted by atomic mass is 32.1. The van der Waals surface area contributed by atoms with E-state index in [0.29, 0.717) is 6.54 Å². The lowest BCUT2D eigenvalue weighted by atomic mass is 9.93. The number of nitrogens with zero attached hydrogens (tertiary/aromatic N) is 3. The van der Waals surface area contributed by atoms with Crippen LogP contribution < -0.4 is 5.32 Å². The van der Waals surface area contributed by atoms with Gasteiger partial charge in [0.25, 0.3) is 0 Å². The third-order valence-electron chi connectivity index (χ3n) is 3.21. The largest absolute Gasteiger partial charge is 0.465 e. The Balaban J connectivity index is 2.19. The maximum atomic E-state index is 11.5. The van der Waals surface area contributed by atoms with Crippen LogP contribution in [-0.4, -0.2) is 28.0 Å². The van der Waals surface area contributed by atoms with Gasteiger partial charge in [-0.25, -0.2) is 14.8 Å². The van der Waals surface area contributed by atoms with Gasteiger partial charge in [-0.2, -0.15) is 0 Å². The highest BCUT2D eigenvalue weighted by Gasteiger charge is 2.21. The fourth-order valence-electron chi connectivity index (χ4n) is 1.85. The molecule has 2 heterocycles. The summed E-state index contributed by atoms with van der Waals surface area (Å²) in [6.45, 7) is 6.51. The monoisotopic (exact) mass is 350 g/mol. The van der Waals surface area contributed by atoms with Crippen LogP contribution in [0.5, 0.6) is 0 Å². The molecular weight excluding hydrogens is 332 g/mol. The summed E-state index contributed by atoms with van der Waals surface area (Å²) in [6, 6.07) is 1.14. The smallest absolute Gasteiger partial charge is 0.339 e. The first-order valence-corrected chi connectivity index (χ1v) is 8.02. The third-order valence-corrected chi connectivity index (χ3v) is 4.06. The highest BCUT2D eigenvalue weighted by Crippen LogP contribution is 2.26. The van der Waals surface area contributed by atoms with E-state index in [9.17, 15) is 14.9 Å². The number of thiazole rings is 1. The van der Waals surface area contributed by atoms with Gasteiger partial charge in [0.05, 0.1) is 29.8 Å². The molecule has 0 aromatic carbocycles. The van der Waals surface area contributed by atoms with Crippen molar-refractivity contribution in [2.45, 2.75) is 32.7 Å². The van der Waals surface area contributed by atoms with Crippen LogP contribution in [0.4, 0.5) is 11.5 Å². The van der Waals surface area contributed by atoms with E-state index < -0.39 is 10.9 Å². The molecule has 0 spiro atoms. The Labute approximate surface area is 143 Å². The van der Waals surface area contributed by atoms with Gasteiger partial charge < -0.3 is 10.1 Å². The minimum atomic E-state index is -0.674. The maximum absolute atomic E-state index is 11.5. The second-order valence-electron chi connectivity index (χ2n) is 6.07. The molecule has 2 aromatic rings. The summed E-state index contributed by atoms with van der Waals surface area (Å²) in [7, 11) is 1.20. The number of nitro groups is 1. The molecule has 9 heteroatoms. The van der Waals surface area contributed by atoms with Gasteiger partial charge in [-0.05, 0) is 0 Å². The van der Waals surface area contributed by atoms with Gasteiger partial charge in [-0.1, -0.05) is 20.8 Å². The van der Waals surface area contributed by atoms with E-state index in [1.165, 1.54) is 24.6 Å². The van der Waals surface area contributed by atoms with Gasteiger partial charge in [0.15, 0.2) is 0 Å². The second kappa shape index (κ2) is 6.91. The molecule has 0 amide bonds. The van der Waals surface area contributed by atoms with E-state index in [1.54, 1.807) is 0 Å². The number of hydrogen-bond acceptors (Lipinski definition) is 8. The number of carbonyl (C=O) groups is 1. The molecule has 0 fully saturated rings. The number of nitrogens with one attached hydrogen (secondary N) is 1. The van der Waals surface area contributed by atoms with Gasteiger partial charge in [-0.15, -0.1) is 11.3 Å². The van der Waals surface area contributed by atoms with Crippen molar-refractivity contribution in [3.63, 3.8) is 0 Å². The first kappa shape index (κ1) is 17.8. The molecule has 0 saturated carbocycles. The van der Waals surface area contributed by atoms with Crippen LogP contribution in [-0.2, 0) is 16.7 Å². The summed E-state index contributed by atoms with van der Waals surface area (Å²) in [5, 5.41) is 16.9. The van der Waals surface area contributed by atoms with Crippen LogP contribution >= 0.6 is 11.3 Å². The van der Waals surface area contributed by atoms with Gasteiger partial charge >= 0.3 is 11.7 Å². The molecule has 0 radical (unpaired) electrons. The number of carbonyl (C=O) groups excluding carboxylic acids is 1. The molecule has 128 valence electrons. The molecule has 8 nitrogen and oxygen atoms in total. The molecule has 0 saturated heterocycles. The van der Waals surface area contributed by atoms with Crippen LogP contribution in [0.1, 0.15) is 41.8 Å². The zero-order chi connectivity index (χ0) is 17.9. The lowest BCUT2D eigenvalue weighted by Gasteiger charge is -2.14. The molecule has 1 N–H and O–H groups in total. The minimum Gasteiger partial charge on any atom is -0.465 e. The van der Waals surface area contributed by atoms with Crippen molar-refractivity contribution in [3.05, 3.63) is 44.0 Å². The van der Waals surface area contributed by atoms with E-state index >= 15 is 0 Å². The zero-order valence-corrected chi connectivity index (χ0v) is 14.6. The van der Waals surface area contributed by atoms with Crippen LogP contribution in [0.15, 0.2) is 17.6 Å². The average molecular weight is 350 g/mol. The van der Waals surface area contributed by atoms with E-state index in [4.69, 9.17) is 0 Å². The fraction of sp³-hybridized carbons (Fsp3) is 0.400. The summed E-state index contributed by atoms with van der Waals surface area (Å²) in [6.07, 6.45) is 1.24. The summed E-state index contributed by atoms with van der Waals surface area (Å²) >= 11 is 1.48. The molecule has 24 heavy (non-hydrogen) atoms. The topological polar surface area (TPSA) is 107 Å². The van der Waals surface area contributed by atoms with Crippen molar-refractivity contribution in [1.82, 2.24) is 9.97 Å². The van der Waals surface area contributed by atoms with Crippen molar-refractivity contribution >= 4 is 28.8 Å². The predicted octanol–water partition coefficient (Wildman–Crippen LogP) is 3.14. The number of rotatable bonds is 5. The molecule has 0 unspecified atom stereocenters. The van der Waals surface area contributed by atoms with Crippen molar-refractivity contribution in [3.8, 4) is 0 Å². The standard InChI is InChI=1S/C15H18N4O4S/c1-15(2,3)11-8-24-12(18-11)7-17-13-10(19(21)22)5-9(6-16-13)14(20)23-4/h5-6,8H,7H2,1-4H3,(H,16,17). The minimum absolute atomic E-state index is 0.0269. The Morgan fingerprint density at radius 1 is 1.46 bits per heavy atom. The Morgan fingerprint density at radius 3 is 2.71 bits per heavy atom. The van der Waals surface area contributed by atoms with E-state index in [-0.39, 0.29) is 22.5 Å². The first-order valence-electron chi connectivity index (χ1n) is 7.14. The van der Waals surface area contributed by atoms with Crippen LogP contribution in [0.3, 0.4) is 0 Å². The van der Waals surface area contributed by atoms with Crippen molar-refractivity contribution in [2.24, 2.45) is 0 Å². The lowest BCUT2D eigenvalue weighted by Crippen LogP contribution is -2.12. The Morgan fingerprint density at radius 2 is 2.17 bits per heavy atom. The summed E-state index contributed by atoms with van der Waals surface area (Å²) < 4.78 is 4.54. The number of methoxy groups -OCH3 is 1. The molecule has 0 atom stereocenters. The molecule has 0 aliphatic heterocycles. The van der Waals surface area contributed by atoms with Gasteiger partial charge in [0.2, 0.25) is 5.82 Å². The number of esters is 1. The molecule has 0 aliphatic carbocycles. The number of ether oxygens (including phenoxy) is 1. The quantitative estimate of drug-likeness (QED) is 0.501. The Hall–Kier alpha value is -2.55. The molecule has 0 bridgehead atoms. The summed E-state index contributed by atoms with van der Waals surface area (Å²) in [5.74, 6) is -0.591. The van der Waals surface area contributed by atoms with Crippen molar-refractivity contribution in [1.29, 1.82) is 0 Å². The SMILES string of the molecule is COC(=O)c1cnc(NCc2nc(C(C)(C)C)cs2)c([N+](=O)[O-])c1. The van der Waals surface area contributed by atoms with Crippen LogP contribution in [0.25, 0.3) is 0 Å². The fourth-order valence-corrected chi connectivity index (χ4v) is 2.81. The van der Waals surface area contributed by atoms with Gasteiger partial charge in [0.1, 0.15) is 5.01 Å². The molecule has 2 rings (SSSR count). The normalized spacial score (nSPS) is 11.2. The highest BCUT2D eigenvalue weighted by molar-refractivity contribution is 7.09. The van der Waals surface area contributed by atoms with E-state index in [2.05, 4.69) is 40.8 Å².